The molecule has 4 heterocycles. The molecule has 39 heavy (non-hydrogen) atoms. The lowest BCUT2D eigenvalue weighted by Crippen LogP contribution is -2.33. The van der Waals surface area contributed by atoms with Crippen LogP contribution in [0.4, 0.5) is 25.1 Å². The molecule has 0 radical (unpaired) electrons. The minimum absolute atomic E-state index is 0.0107. The van der Waals surface area contributed by atoms with Gasteiger partial charge in [-0.15, -0.1) is 5.10 Å². The van der Waals surface area contributed by atoms with E-state index in [-0.39, 0.29) is 41.0 Å². The van der Waals surface area contributed by atoms with E-state index in [1.807, 2.05) is 0 Å². The van der Waals surface area contributed by atoms with Crippen LogP contribution in [0.3, 0.4) is 0 Å². The van der Waals surface area contributed by atoms with Gasteiger partial charge in [0.15, 0.2) is 17.3 Å². The van der Waals surface area contributed by atoms with Gasteiger partial charge in [-0.2, -0.15) is 4.39 Å². The summed E-state index contributed by atoms with van der Waals surface area (Å²) in [7, 11) is 0. The van der Waals surface area contributed by atoms with Gasteiger partial charge in [0.2, 0.25) is 5.95 Å². The summed E-state index contributed by atoms with van der Waals surface area (Å²) in [6.07, 6.45) is 8.41. The van der Waals surface area contributed by atoms with Crippen LogP contribution in [0, 0.1) is 11.8 Å². The van der Waals surface area contributed by atoms with Gasteiger partial charge >= 0.3 is 6.03 Å². The van der Waals surface area contributed by atoms with Crippen LogP contribution in [0.1, 0.15) is 10.5 Å². The molecule has 12 nitrogen and oxygen atoms in total. The number of aromatic nitrogens is 5. The molecule has 0 saturated heterocycles. The molecule has 0 saturated carbocycles. The van der Waals surface area contributed by atoms with Crippen LogP contribution in [0.25, 0.3) is 5.69 Å². The number of aliphatic hydroxyl groups is 1. The summed E-state index contributed by atoms with van der Waals surface area (Å²) >= 11 is 0. The van der Waals surface area contributed by atoms with Gasteiger partial charge < -0.3 is 15.2 Å². The number of carbonyl (C=O) groups is 2. The molecule has 196 valence electrons. The summed E-state index contributed by atoms with van der Waals surface area (Å²) in [5.74, 6) is -1.84. The molecule has 0 fully saturated rings. The van der Waals surface area contributed by atoms with E-state index in [0.29, 0.717) is 5.69 Å². The molecule has 3 N–H and O–H groups in total. The summed E-state index contributed by atoms with van der Waals surface area (Å²) < 4.78 is 34.6. The van der Waals surface area contributed by atoms with Crippen molar-refractivity contribution in [3.63, 3.8) is 0 Å². The summed E-state index contributed by atoms with van der Waals surface area (Å²) in [5, 5.41) is 22.2. The van der Waals surface area contributed by atoms with E-state index in [1.54, 1.807) is 0 Å². The van der Waals surface area contributed by atoms with Gasteiger partial charge in [0.25, 0.3) is 5.91 Å². The fourth-order valence-electron chi connectivity index (χ4n) is 3.38. The maximum Gasteiger partial charge on any atom is 0.327 e. The Bertz CT molecular complexity index is 1600. The van der Waals surface area contributed by atoms with Crippen LogP contribution in [0.5, 0.6) is 11.5 Å². The second-order valence-corrected chi connectivity index (χ2v) is 8.02. The third-order valence-electron chi connectivity index (χ3n) is 5.23. The zero-order valence-electron chi connectivity index (χ0n) is 19.8. The molecular weight excluding hydrogens is 514 g/mol. The van der Waals surface area contributed by atoms with E-state index in [4.69, 9.17) is 4.74 Å². The van der Waals surface area contributed by atoms with Crippen LogP contribution in [-0.4, -0.2) is 53.5 Å². The monoisotopic (exact) mass is 532 g/mol. The Morgan fingerprint density at radius 3 is 2.69 bits per heavy atom. The van der Waals surface area contributed by atoms with Crippen LogP contribution >= 0.6 is 0 Å². The number of benzene rings is 1. The number of rotatable bonds is 6. The molecule has 0 bridgehead atoms. The normalized spacial score (nSPS) is 12.6. The molecule has 0 spiro atoms. The molecule has 5 rings (SSSR count). The maximum absolute atomic E-state index is 14.8. The van der Waals surface area contributed by atoms with E-state index in [1.165, 1.54) is 76.9 Å². The highest BCUT2D eigenvalue weighted by molar-refractivity contribution is 6.02. The van der Waals surface area contributed by atoms with Gasteiger partial charge in [-0.05, 0) is 42.5 Å². The number of hydrogen-bond donors (Lipinski definition) is 3. The number of nitrogens with zero attached hydrogens (tertiary/aromatic N) is 6. The van der Waals surface area contributed by atoms with Crippen molar-refractivity contribution in [3.8, 4) is 17.2 Å². The first-order valence-electron chi connectivity index (χ1n) is 11.3. The largest absolute Gasteiger partial charge is 0.510 e. The highest BCUT2D eigenvalue weighted by atomic mass is 19.1. The molecule has 4 aromatic rings. The standard InChI is InChI=1S/C25H18F2N8O4/c26-19-10-15(30-24(37)20-14-35(33-32-20)16-4-6-22(27)29-12-16)3-5-21(19)39-18-7-8-28-23(11-18)31-25(38)34-9-1-2-17(36)13-34/h1-12,14,36H,13H2,(H,30,37)(H,28,31,38). The second-order valence-electron chi connectivity index (χ2n) is 8.02. The third kappa shape index (κ3) is 6.02. The first-order valence-corrected chi connectivity index (χ1v) is 11.3. The first kappa shape index (κ1) is 25.0. The van der Waals surface area contributed by atoms with E-state index in [9.17, 15) is 23.5 Å². The number of carbonyl (C=O) groups excluding carboxylic acids is 2. The number of urea groups is 1. The number of halogens is 2. The number of hydrogen-bond acceptors (Lipinski definition) is 8. The summed E-state index contributed by atoms with van der Waals surface area (Å²) in [5.41, 5.74) is 0.476. The van der Waals surface area contributed by atoms with Gasteiger partial charge in [-0.3, -0.25) is 15.0 Å². The quantitative estimate of drug-likeness (QED) is 0.313. The molecule has 3 aromatic heterocycles. The lowest BCUT2D eigenvalue weighted by molar-refractivity contribution is 0.102. The molecule has 1 aliphatic rings. The van der Waals surface area contributed by atoms with Gasteiger partial charge in [-0.25, -0.2) is 23.8 Å². The molecule has 0 unspecified atom stereocenters. The van der Waals surface area contributed by atoms with Crippen molar-refractivity contribution in [1.29, 1.82) is 0 Å². The molecular formula is C25H18F2N8O4. The fourth-order valence-corrected chi connectivity index (χ4v) is 3.38. The Morgan fingerprint density at radius 2 is 1.92 bits per heavy atom. The lowest BCUT2D eigenvalue weighted by atomic mass is 10.2. The van der Waals surface area contributed by atoms with E-state index in [2.05, 4.69) is 30.9 Å². The highest BCUT2D eigenvalue weighted by Crippen LogP contribution is 2.28. The minimum atomic E-state index is -0.767. The Kier molecular flexibility index (Phi) is 6.90. The topological polar surface area (TPSA) is 147 Å². The van der Waals surface area contributed by atoms with Crippen LogP contribution in [-0.2, 0) is 0 Å². The highest BCUT2D eigenvalue weighted by Gasteiger charge is 2.17. The summed E-state index contributed by atoms with van der Waals surface area (Å²) in [6.45, 7) is 0.0107. The number of ether oxygens (including phenoxy) is 1. The van der Waals surface area contributed by atoms with Crippen LogP contribution in [0.2, 0.25) is 0 Å². The van der Waals surface area contributed by atoms with Gasteiger partial charge in [0.05, 0.1) is 24.6 Å². The van der Waals surface area contributed by atoms with Crippen LogP contribution in [0.15, 0.2) is 85.2 Å². The van der Waals surface area contributed by atoms with Crippen molar-refractivity contribution < 1.29 is 28.2 Å². The van der Waals surface area contributed by atoms with Gasteiger partial charge in [0, 0.05) is 30.2 Å². The van der Waals surface area contributed by atoms with Crippen molar-refractivity contribution in [2.45, 2.75) is 0 Å². The Hall–Kier alpha value is -5.66. The zero-order valence-corrected chi connectivity index (χ0v) is 19.8. The van der Waals surface area contributed by atoms with E-state index in [0.717, 1.165) is 12.1 Å². The zero-order chi connectivity index (χ0) is 27.4. The van der Waals surface area contributed by atoms with Gasteiger partial charge in [0.1, 0.15) is 17.3 Å². The first-order chi connectivity index (χ1) is 18.8. The number of anilines is 2. The van der Waals surface area contributed by atoms with Crippen molar-refractivity contribution >= 4 is 23.4 Å². The summed E-state index contributed by atoms with van der Waals surface area (Å²) in [4.78, 5) is 33.7. The van der Waals surface area contributed by atoms with Crippen molar-refractivity contribution in [1.82, 2.24) is 29.9 Å². The third-order valence-corrected chi connectivity index (χ3v) is 5.23. The molecule has 0 aliphatic carbocycles. The molecule has 1 aromatic carbocycles. The Morgan fingerprint density at radius 1 is 1.05 bits per heavy atom. The molecule has 3 amide bonds. The predicted octanol–water partition coefficient (Wildman–Crippen LogP) is 4.18. The number of nitrogens with one attached hydrogen (secondary N) is 2. The predicted molar refractivity (Wildman–Crippen MR) is 133 cm³/mol. The SMILES string of the molecule is O=C(Nc1ccc(Oc2ccnc(NC(=O)N3C=CC=C(O)C3)c2)c(F)c1)c1cn(-c2ccc(F)nc2)nn1. The Labute approximate surface area is 218 Å². The average Bonchev–Trinajstić information content (AvgIpc) is 3.42. The van der Waals surface area contributed by atoms with Crippen molar-refractivity contribution in [3.05, 3.63) is 103 Å². The number of allylic oxidation sites excluding steroid dienone is 2. The lowest BCUT2D eigenvalue weighted by Gasteiger charge is -2.20. The molecule has 0 atom stereocenters. The smallest absolute Gasteiger partial charge is 0.327 e. The molecule has 14 heteroatoms. The number of pyridine rings is 2. The average molecular weight is 532 g/mol. The maximum atomic E-state index is 14.8. The molecule has 1 aliphatic heterocycles. The Balaban J connectivity index is 1.21. The van der Waals surface area contributed by atoms with Crippen molar-refractivity contribution in [2.75, 3.05) is 17.2 Å². The minimum Gasteiger partial charge on any atom is -0.510 e. The van der Waals surface area contributed by atoms with Crippen LogP contribution < -0.4 is 15.4 Å². The van der Waals surface area contributed by atoms with E-state index >= 15 is 0 Å². The summed E-state index contributed by atoms with van der Waals surface area (Å²) in [6, 6.07) is 8.71. The second kappa shape index (κ2) is 10.8. The number of amides is 3. The van der Waals surface area contributed by atoms with Gasteiger partial charge in [-0.1, -0.05) is 5.21 Å². The number of aliphatic hydroxyl groups excluding tert-OH is 1. The van der Waals surface area contributed by atoms with E-state index < -0.39 is 23.7 Å². The van der Waals surface area contributed by atoms with Crippen molar-refractivity contribution in [2.24, 2.45) is 0 Å². The fraction of sp³-hybridized carbons (Fsp3) is 0.0400.